The van der Waals surface area contributed by atoms with Gasteiger partial charge in [0.05, 0.1) is 5.56 Å². The monoisotopic (exact) mass is 355 g/mol. The van der Waals surface area contributed by atoms with Crippen molar-refractivity contribution in [2.45, 2.75) is 6.42 Å². The average Bonchev–Trinajstić information content (AvgIpc) is 2.41. The van der Waals surface area contributed by atoms with Gasteiger partial charge in [-0.3, -0.25) is 4.79 Å². The first-order chi connectivity index (χ1) is 9.60. The van der Waals surface area contributed by atoms with Gasteiger partial charge >= 0.3 is 0 Å². The molecule has 0 atom stereocenters. The standard InChI is InChI=1S/C15H12BrClFNO/c16-14-9-11(18)3-6-13(14)15(20)19-12-4-1-10(2-5-12)7-8-17/h1-6,9H,7-8H2,(H,19,20). The number of nitrogens with one attached hydrogen (secondary N) is 1. The first-order valence-corrected chi connectivity index (χ1v) is 7.34. The summed E-state index contributed by atoms with van der Waals surface area (Å²) >= 11 is 8.84. The summed E-state index contributed by atoms with van der Waals surface area (Å²) in [5, 5.41) is 2.76. The average molecular weight is 357 g/mol. The lowest BCUT2D eigenvalue weighted by molar-refractivity contribution is 0.102. The zero-order valence-electron chi connectivity index (χ0n) is 10.5. The second-order valence-corrected chi connectivity index (χ2v) is 5.45. The van der Waals surface area contributed by atoms with Crippen molar-refractivity contribution >= 4 is 39.1 Å². The Labute approximate surface area is 130 Å². The van der Waals surface area contributed by atoms with Crippen molar-refractivity contribution in [1.29, 1.82) is 0 Å². The molecule has 5 heteroatoms. The minimum Gasteiger partial charge on any atom is -0.322 e. The van der Waals surface area contributed by atoms with E-state index in [0.717, 1.165) is 12.0 Å². The van der Waals surface area contributed by atoms with Crippen LogP contribution in [0.25, 0.3) is 0 Å². The smallest absolute Gasteiger partial charge is 0.256 e. The van der Waals surface area contributed by atoms with Gasteiger partial charge in [0.15, 0.2) is 0 Å². The predicted molar refractivity (Wildman–Crippen MR) is 82.9 cm³/mol. The molecule has 0 aromatic heterocycles. The number of rotatable bonds is 4. The highest BCUT2D eigenvalue weighted by atomic mass is 79.9. The molecule has 2 rings (SSSR count). The van der Waals surface area contributed by atoms with Gasteiger partial charge in [-0.15, -0.1) is 11.6 Å². The number of amides is 1. The molecule has 0 spiro atoms. The van der Waals surface area contributed by atoms with E-state index in [9.17, 15) is 9.18 Å². The fourth-order valence-electron chi connectivity index (χ4n) is 1.74. The van der Waals surface area contributed by atoms with Crippen LogP contribution in [0.1, 0.15) is 15.9 Å². The number of aryl methyl sites for hydroxylation is 1. The maximum Gasteiger partial charge on any atom is 0.256 e. The van der Waals surface area contributed by atoms with E-state index in [0.29, 0.717) is 21.6 Å². The van der Waals surface area contributed by atoms with Gasteiger partial charge in [0, 0.05) is 16.0 Å². The van der Waals surface area contributed by atoms with Gasteiger partial charge in [-0.2, -0.15) is 0 Å². The summed E-state index contributed by atoms with van der Waals surface area (Å²) in [6, 6.07) is 11.4. The molecule has 104 valence electrons. The normalized spacial score (nSPS) is 10.3. The van der Waals surface area contributed by atoms with Gasteiger partial charge in [-0.05, 0) is 58.2 Å². The van der Waals surface area contributed by atoms with E-state index in [1.807, 2.05) is 24.3 Å². The lowest BCUT2D eigenvalue weighted by Crippen LogP contribution is -2.12. The van der Waals surface area contributed by atoms with Crippen molar-refractivity contribution in [3.63, 3.8) is 0 Å². The van der Waals surface area contributed by atoms with Gasteiger partial charge in [0.2, 0.25) is 0 Å². The van der Waals surface area contributed by atoms with Crippen LogP contribution in [0.2, 0.25) is 0 Å². The van der Waals surface area contributed by atoms with Crippen LogP contribution in [-0.2, 0) is 6.42 Å². The maximum absolute atomic E-state index is 13.0. The number of carbonyl (C=O) groups excluding carboxylic acids is 1. The van der Waals surface area contributed by atoms with Crippen LogP contribution in [0.3, 0.4) is 0 Å². The van der Waals surface area contributed by atoms with Crippen LogP contribution in [0.4, 0.5) is 10.1 Å². The zero-order valence-corrected chi connectivity index (χ0v) is 12.8. The molecule has 0 aliphatic heterocycles. The Kier molecular flexibility index (Phi) is 5.15. The molecule has 0 aliphatic carbocycles. The Morgan fingerprint density at radius 2 is 1.90 bits per heavy atom. The minimum atomic E-state index is -0.390. The van der Waals surface area contributed by atoms with E-state index in [1.165, 1.54) is 18.2 Å². The van der Waals surface area contributed by atoms with Gasteiger partial charge in [-0.1, -0.05) is 12.1 Å². The minimum absolute atomic E-state index is 0.290. The Bertz CT molecular complexity index is 616. The molecule has 0 aliphatic rings. The van der Waals surface area contributed by atoms with Crippen LogP contribution in [-0.4, -0.2) is 11.8 Å². The molecule has 0 radical (unpaired) electrons. The quantitative estimate of drug-likeness (QED) is 0.796. The van der Waals surface area contributed by atoms with Crippen molar-refractivity contribution < 1.29 is 9.18 Å². The van der Waals surface area contributed by atoms with Crippen molar-refractivity contribution in [2.75, 3.05) is 11.2 Å². The largest absolute Gasteiger partial charge is 0.322 e. The van der Waals surface area contributed by atoms with Crippen molar-refractivity contribution in [1.82, 2.24) is 0 Å². The van der Waals surface area contributed by atoms with Crippen molar-refractivity contribution in [3.8, 4) is 0 Å². The lowest BCUT2D eigenvalue weighted by atomic mass is 10.1. The Balaban J connectivity index is 2.11. The van der Waals surface area contributed by atoms with E-state index in [1.54, 1.807) is 0 Å². The molecule has 0 fully saturated rings. The van der Waals surface area contributed by atoms with Crippen LogP contribution in [0.15, 0.2) is 46.9 Å². The summed E-state index contributed by atoms with van der Waals surface area (Å²) < 4.78 is 13.4. The fraction of sp³-hybridized carbons (Fsp3) is 0.133. The molecule has 0 saturated carbocycles. The molecule has 0 unspecified atom stereocenters. The summed E-state index contributed by atoms with van der Waals surface area (Å²) in [5.74, 6) is -0.116. The second kappa shape index (κ2) is 6.86. The molecule has 20 heavy (non-hydrogen) atoms. The number of anilines is 1. The summed E-state index contributed by atoms with van der Waals surface area (Å²) in [4.78, 5) is 12.1. The number of hydrogen-bond donors (Lipinski definition) is 1. The third kappa shape index (κ3) is 3.81. The number of benzene rings is 2. The summed E-state index contributed by atoms with van der Waals surface area (Å²) in [6.45, 7) is 0. The maximum atomic E-state index is 13.0. The first-order valence-electron chi connectivity index (χ1n) is 6.01. The van der Waals surface area contributed by atoms with Gasteiger partial charge in [0.25, 0.3) is 5.91 Å². The van der Waals surface area contributed by atoms with Crippen molar-refractivity contribution in [2.24, 2.45) is 0 Å². The van der Waals surface area contributed by atoms with Crippen LogP contribution < -0.4 is 5.32 Å². The predicted octanol–water partition coefficient (Wildman–Crippen LogP) is 4.62. The molecule has 1 amide bonds. The third-order valence-corrected chi connectivity index (χ3v) is 3.62. The molecule has 1 N–H and O–H groups in total. The first kappa shape index (κ1) is 15.0. The molecular weight excluding hydrogens is 345 g/mol. The number of carbonyl (C=O) groups is 1. The Hall–Kier alpha value is -1.39. The fourth-order valence-corrected chi connectivity index (χ4v) is 2.49. The second-order valence-electron chi connectivity index (χ2n) is 4.21. The van der Waals surface area contributed by atoms with E-state index in [2.05, 4.69) is 21.2 Å². The van der Waals surface area contributed by atoms with E-state index in [-0.39, 0.29) is 11.7 Å². The summed E-state index contributed by atoms with van der Waals surface area (Å²) in [6.07, 6.45) is 0.791. The van der Waals surface area contributed by atoms with Crippen LogP contribution in [0.5, 0.6) is 0 Å². The molecule has 2 aromatic carbocycles. The highest BCUT2D eigenvalue weighted by Crippen LogP contribution is 2.20. The van der Waals surface area contributed by atoms with Crippen LogP contribution >= 0.6 is 27.5 Å². The Morgan fingerprint density at radius 3 is 2.50 bits per heavy atom. The lowest BCUT2D eigenvalue weighted by Gasteiger charge is -2.07. The van der Waals surface area contributed by atoms with Gasteiger partial charge < -0.3 is 5.32 Å². The van der Waals surface area contributed by atoms with Gasteiger partial charge in [0.1, 0.15) is 5.82 Å². The molecular formula is C15H12BrClFNO. The highest BCUT2D eigenvalue weighted by molar-refractivity contribution is 9.10. The SMILES string of the molecule is O=C(Nc1ccc(CCCl)cc1)c1ccc(F)cc1Br. The van der Waals surface area contributed by atoms with Crippen LogP contribution in [0, 0.1) is 5.82 Å². The van der Waals surface area contributed by atoms with Gasteiger partial charge in [-0.25, -0.2) is 4.39 Å². The molecule has 0 bridgehead atoms. The molecule has 0 heterocycles. The molecule has 2 aromatic rings. The summed E-state index contributed by atoms with van der Waals surface area (Å²) in [5.41, 5.74) is 2.18. The van der Waals surface area contributed by atoms with E-state index >= 15 is 0 Å². The van der Waals surface area contributed by atoms with E-state index in [4.69, 9.17) is 11.6 Å². The topological polar surface area (TPSA) is 29.1 Å². The zero-order chi connectivity index (χ0) is 14.5. The Morgan fingerprint density at radius 1 is 1.20 bits per heavy atom. The van der Waals surface area contributed by atoms with E-state index < -0.39 is 0 Å². The number of halogens is 3. The molecule has 2 nitrogen and oxygen atoms in total. The highest BCUT2D eigenvalue weighted by Gasteiger charge is 2.10. The molecule has 0 saturated heterocycles. The van der Waals surface area contributed by atoms with Crippen molar-refractivity contribution in [3.05, 3.63) is 63.9 Å². The number of hydrogen-bond acceptors (Lipinski definition) is 1. The third-order valence-electron chi connectivity index (χ3n) is 2.77. The summed E-state index contributed by atoms with van der Waals surface area (Å²) in [7, 11) is 0. The number of alkyl halides is 1.